The predicted molar refractivity (Wildman–Crippen MR) is 80.1 cm³/mol. The molecule has 0 bridgehead atoms. The van der Waals surface area contributed by atoms with Crippen LogP contribution in [0.2, 0.25) is 0 Å². The maximum Gasteiger partial charge on any atom is 0.123 e. The summed E-state index contributed by atoms with van der Waals surface area (Å²) >= 11 is 0. The molecule has 1 nitrogen and oxygen atoms in total. The summed E-state index contributed by atoms with van der Waals surface area (Å²) in [6.07, 6.45) is 3.55. The molecule has 0 aliphatic heterocycles. The van der Waals surface area contributed by atoms with Crippen LogP contribution in [0.4, 0.5) is 4.39 Å². The Hall–Kier alpha value is -1.67. The summed E-state index contributed by atoms with van der Waals surface area (Å²) in [6.45, 7) is 2.76. The van der Waals surface area contributed by atoms with Gasteiger partial charge in [0.15, 0.2) is 0 Å². The smallest absolute Gasteiger partial charge is 0.123 e. The molecule has 2 heteroatoms. The highest BCUT2D eigenvalue weighted by molar-refractivity contribution is 5.33. The third-order valence-corrected chi connectivity index (χ3v) is 4.22. The number of nitrogens with one attached hydrogen (secondary N) is 1. The van der Waals surface area contributed by atoms with Gasteiger partial charge in [-0.05, 0) is 60.6 Å². The van der Waals surface area contributed by atoms with Crippen molar-refractivity contribution in [3.05, 3.63) is 70.5 Å². The highest BCUT2D eigenvalue weighted by Gasteiger charge is 2.19. The third kappa shape index (κ3) is 2.75. The molecule has 0 heterocycles. The number of hydrogen-bond donors (Lipinski definition) is 1. The maximum absolute atomic E-state index is 13.3. The Balaban J connectivity index is 1.75. The van der Waals surface area contributed by atoms with E-state index < -0.39 is 0 Å². The van der Waals surface area contributed by atoms with Crippen LogP contribution < -0.4 is 5.32 Å². The second kappa shape index (κ2) is 5.76. The largest absolute Gasteiger partial charge is 0.306 e. The van der Waals surface area contributed by atoms with Crippen LogP contribution in [-0.2, 0) is 13.0 Å². The molecule has 0 fully saturated rings. The van der Waals surface area contributed by atoms with Gasteiger partial charge in [-0.25, -0.2) is 4.39 Å². The van der Waals surface area contributed by atoms with Crippen LogP contribution in [0, 0.1) is 12.7 Å². The van der Waals surface area contributed by atoms with E-state index in [1.165, 1.54) is 30.0 Å². The van der Waals surface area contributed by atoms with E-state index in [1.54, 1.807) is 6.07 Å². The Morgan fingerprint density at radius 1 is 1.20 bits per heavy atom. The van der Waals surface area contributed by atoms with Crippen molar-refractivity contribution in [2.24, 2.45) is 0 Å². The van der Waals surface area contributed by atoms with E-state index in [4.69, 9.17) is 0 Å². The van der Waals surface area contributed by atoms with Crippen molar-refractivity contribution < 1.29 is 4.39 Å². The first-order valence-electron chi connectivity index (χ1n) is 7.30. The third-order valence-electron chi connectivity index (χ3n) is 4.22. The quantitative estimate of drug-likeness (QED) is 0.876. The van der Waals surface area contributed by atoms with Crippen LogP contribution in [0.1, 0.15) is 41.1 Å². The van der Waals surface area contributed by atoms with Crippen molar-refractivity contribution in [1.82, 2.24) is 5.32 Å². The Morgan fingerprint density at radius 2 is 2.05 bits per heavy atom. The van der Waals surface area contributed by atoms with Crippen LogP contribution in [0.15, 0.2) is 42.5 Å². The zero-order valence-corrected chi connectivity index (χ0v) is 11.8. The molecule has 3 rings (SSSR count). The normalized spacial score (nSPS) is 17.8. The molecule has 104 valence electrons. The van der Waals surface area contributed by atoms with E-state index in [-0.39, 0.29) is 5.82 Å². The molecule has 0 amide bonds. The van der Waals surface area contributed by atoms with Gasteiger partial charge in [0.05, 0.1) is 0 Å². The average Bonchev–Trinajstić information content (AvgIpc) is 2.48. The van der Waals surface area contributed by atoms with E-state index in [9.17, 15) is 4.39 Å². The molecule has 0 aromatic heterocycles. The summed E-state index contributed by atoms with van der Waals surface area (Å²) in [7, 11) is 0. The summed E-state index contributed by atoms with van der Waals surface area (Å²) in [5, 5.41) is 3.60. The topological polar surface area (TPSA) is 12.0 Å². The number of benzene rings is 2. The number of aryl methyl sites for hydroxylation is 2. The average molecular weight is 269 g/mol. The Labute approximate surface area is 119 Å². The van der Waals surface area contributed by atoms with E-state index >= 15 is 0 Å². The van der Waals surface area contributed by atoms with Crippen LogP contribution in [0.5, 0.6) is 0 Å². The molecule has 1 unspecified atom stereocenters. The fourth-order valence-electron chi connectivity index (χ4n) is 3.03. The minimum atomic E-state index is -0.156. The molecule has 0 radical (unpaired) electrons. The van der Waals surface area contributed by atoms with E-state index in [0.717, 1.165) is 24.1 Å². The van der Waals surface area contributed by atoms with Gasteiger partial charge in [-0.15, -0.1) is 0 Å². The van der Waals surface area contributed by atoms with Gasteiger partial charge >= 0.3 is 0 Å². The number of fused-ring (bicyclic) bond motifs is 1. The fourth-order valence-corrected chi connectivity index (χ4v) is 3.03. The molecule has 1 N–H and O–H groups in total. The highest BCUT2D eigenvalue weighted by atomic mass is 19.1. The lowest BCUT2D eigenvalue weighted by atomic mass is 9.87. The minimum Gasteiger partial charge on any atom is -0.306 e. The highest BCUT2D eigenvalue weighted by Crippen LogP contribution is 2.29. The van der Waals surface area contributed by atoms with Gasteiger partial charge in [-0.3, -0.25) is 0 Å². The van der Waals surface area contributed by atoms with Crippen molar-refractivity contribution in [2.75, 3.05) is 0 Å². The zero-order chi connectivity index (χ0) is 13.9. The van der Waals surface area contributed by atoms with Gasteiger partial charge in [0.2, 0.25) is 0 Å². The van der Waals surface area contributed by atoms with E-state index in [0.29, 0.717) is 6.04 Å². The lowest BCUT2D eigenvalue weighted by Crippen LogP contribution is -2.25. The molecule has 20 heavy (non-hydrogen) atoms. The second-order valence-electron chi connectivity index (χ2n) is 5.60. The van der Waals surface area contributed by atoms with Crippen LogP contribution >= 0.6 is 0 Å². The van der Waals surface area contributed by atoms with Gasteiger partial charge in [0.25, 0.3) is 0 Å². The molecular formula is C18H20FN. The molecule has 2 aromatic rings. The summed E-state index contributed by atoms with van der Waals surface area (Å²) in [4.78, 5) is 0. The first kappa shape index (κ1) is 13.3. The SMILES string of the molecule is Cc1ccc(F)cc1CNC1CCCc2ccccc21. The van der Waals surface area contributed by atoms with E-state index in [1.807, 2.05) is 13.0 Å². The predicted octanol–water partition coefficient (Wildman–Crippen LogP) is 4.30. The molecule has 2 aromatic carbocycles. The van der Waals surface area contributed by atoms with Gasteiger partial charge < -0.3 is 5.32 Å². The van der Waals surface area contributed by atoms with Crippen molar-refractivity contribution in [1.29, 1.82) is 0 Å². The monoisotopic (exact) mass is 269 g/mol. The Kier molecular flexibility index (Phi) is 3.83. The van der Waals surface area contributed by atoms with Crippen LogP contribution in [0.3, 0.4) is 0 Å². The Morgan fingerprint density at radius 3 is 2.95 bits per heavy atom. The Bertz CT molecular complexity index is 606. The number of hydrogen-bond acceptors (Lipinski definition) is 1. The number of rotatable bonds is 3. The second-order valence-corrected chi connectivity index (χ2v) is 5.60. The summed E-state index contributed by atoms with van der Waals surface area (Å²) in [5.41, 5.74) is 5.05. The van der Waals surface area contributed by atoms with Crippen LogP contribution in [-0.4, -0.2) is 0 Å². The zero-order valence-electron chi connectivity index (χ0n) is 11.8. The van der Waals surface area contributed by atoms with Crippen molar-refractivity contribution in [3.63, 3.8) is 0 Å². The van der Waals surface area contributed by atoms with Gasteiger partial charge in [0, 0.05) is 12.6 Å². The summed E-state index contributed by atoms with van der Waals surface area (Å²) in [5.74, 6) is -0.156. The summed E-state index contributed by atoms with van der Waals surface area (Å²) < 4.78 is 13.3. The lowest BCUT2D eigenvalue weighted by molar-refractivity contribution is 0.458. The van der Waals surface area contributed by atoms with Gasteiger partial charge in [-0.2, -0.15) is 0 Å². The minimum absolute atomic E-state index is 0.156. The first-order valence-corrected chi connectivity index (χ1v) is 7.30. The standard InChI is InChI=1S/C18H20FN/c1-13-9-10-16(19)11-15(13)12-20-18-8-4-6-14-5-2-3-7-17(14)18/h2-3,5,7,9-11,18,20H,4,6,8,12H2,1H3. The van der Waals surface area contributed by atoms with Crippen molar-refractivity contribution >= 4 is 0 Å². The summed E-state index contributed by atoms with van der Waals surface area (Å²) in [6, 6.07) is 14.0. The maximum atomic E-state index is 13.3. The van der Waals surface area contributed by atoms with Crippen molar-refractivity contribution in [2.45, 2.75) is 38.8 Å². The molecule has 1 atom stereocenters. The molecule has 1 aliphatic rings. The van der Waals surface area contributed by atoms with E-state index in [2.05, 4.69) is 29.6 Å². The molecule has 0 saturated heterocycles. The lowest BCUT2D eigenvalue weighted by Gasteiger charge is -2.26. The van der Waals surface area contributed by atoms with Gasteiger partial charge in [-0.1, -0.05) is 30.3 Å². The molecule has 0 spiro atoms. The first-order chi connectivity index (χ1) is 9.74. The van der Waals surface area contributed by atoms with Gasteiger partial charge in [0.1, 0.15) is 5.82 Å². The van der Waals surface area contributed by atoms with Crippen LogP contribution in [0.25, 0.3) is 0 Å². The molecular weight excluding hydrogens is 249 g/mol. The molecule has 0 saturated carbocycles. The number of halogens is 1. The molecule has 1 aliphatic carbocycles. The fraction of sp³-hybridized carbons (Fsp3) is 0.333. The van der Waals surface area contributed by atoms with Crippen molar-refractivity contribution in [3.8, 4) is 0 Å².